The Bertz CT molecular complexity index is 551. The maximum atomic E-state index is 13.0. The molecule has 0 bridgehead atoms. The van der Waals surface area contributed by atoms with Crippen molar-refractivity contribution >= 4 is 17.9 Å². The van der Waals surface area contributed by atoms with Crippen LogP contribution in [0.3, 0.4) is 0 Å². The van der Waals surface area contributed by atoms with E-state index in [-0.39, 0.29) is 23.9 Å². The van der Waals surface area contributed by atoms with Gasteiger partial charge in [0.2, 0.25) is 5.91 Å². The molecule has 3 amide bonds. The molecule has 0 aromatic carbocycles. The molecule has 1 heterocycles. The smallest absolute Gasteiger partial charge is 0.328 e. The number of amides is 3. The summed E-state index contributed by atoms with van der Waals surface area (Å²) in [6.45, 7) is 12.1. The second-order valence-corrected chi connectivity index (χ2v) is 7.15. The lowest BCUT2D eigenvalue weighted by Gasteiger charge is -2.34. The van der Waals surface area contributed by atoms with Crippen molar-refractivity contribution in [1.82, 2.24) is 14.7 Å². The molecule has 0 spiro atoms. The van der Waals surface area contributed by atoms with E-state index < -0.39 is 18.2 Å². The van der Waals surface area contributed by atoms with E-state index in [2.05, 4.69) is 6.58 Å². The van der Waals surface area contributed by atoms with Crippen LogP contribution < -0.4 is 0 Å². The minimum atomic E-state index is -0.661. The highest BCUT2D eigenvalue weighted by molar-refractivity contribution is 5.87. The number of esters is 1. The van der Waals surface area contributed by atoms with E-state index in [4.69, 9.17) is 9.47 Å². The monoisotopic (exact) mass is 383 g/mol. The van der Waals surface area contributed by atoms with Crippen molar-refractivity contribution < 1.29 is 23.9 Å². The first-order valence-electron chi connectivity index (χ1n) is 9.31. The molecule has 1 saturated heterocycles. The van der Waals surface area contributed by atoms with Gasteiger partial charge in [0, 0.05) is 26.2 Å². The lowest BCUT2D eigenvalue weighted by Crippen LogP contribution is -2.52. The summed E-state index contributed by atoms with van der Waals surface area (Å²) in [4.78, 5) is 42.0. The lowest BCUT2D eigenvalue weighted by atomic mass is 10.0. The number of urea groups is 1. The molecule has 154 valence electrons. The SMILES string of the molecule is C=CC(=O)N1[C@H](C)CCN(C(=O)N(C)[C@H](C(=O)OC)C(C)C)CCO[C@@H]1C. The van der Waals surface area contributed by atoms with E-state index in [1.807, 2.05) is 27.7 Å². The zero-order chi connectivity index (χ0) is 20.7. The Kier molecular flexibility index (Phi) is 8.75. The van der Waals surface area contributed by atoms with Gasteiger partial charge in [0.05, 0.1) is 13.7 Å². The highest BCUT2D eigenvalue weighted by Gasteiger charge is 2.34. The molecule has 27 heavy (non-hydrogen) atoms. The highest BCUT2D eigenvalue weighted by Crippen LogP contribution is 2.17. The number of methoxy groups -OCH3 is 1. The van der Waals surface area contributed by atoms with Crippen LogP contribution in [0.4, 0.5) is 4.79 Å². The van der Waals surface area contributed by atoms with Crippen LogP contribution in [-0.2, 0) is 19.1 Å². The molecule has 1 rings (SSSR count). The first kappa shape index (κ1) is 23.0. The Hall–Kier alpha value is -2.09. The van der Waals surface area contributed by atoms with Gasteiger partial charge in [-0.15, -0.1) is 0 Å². The van der Waals surface area contributed by atoms with Crippen molar-refractivity contribution in [2.75, 3.05) is 33.9 Å². The van der Waals surface area contributed by atoms with E-state index in [1.165, 1.54) is 18.1 Å². The first-order valence-corrected chi connectivity index (χ1v) is 9.31. The molecule has 1 fully saturated rings. The predicted octanol–water partition coefficient (Wildman–Crippen LogP) is 1.71. The fourth-order valence-electron chi connectivity index (χ4n) is 3.40. The quantitative estimate of drug-likeness (QED) is 0.545. The first-order chi connectivity index (χ1) is 12.6. The van der Waals surface area contributed by atoms with Gasteiger partial charge < -0.3 is 24.2 Å². The Balaban J connectivity index is 2.94. The molecular formula is C19H33N3O5. The molecule has 3 atom stereocenters. The summed E-state index contributed by atoms with van der Waals surface area (Å²) in [7, 11) is 2.93. The van der Waals surface area contributed by atoms with Crippen molar-refractivity contribution in [1.29, 1.82) is 0 Å². The van der Waals surface area contributed by atoms with Crippen molar-refractivity contribution in [3.63, 3.8) is 0 Å². The van der Waals surface area contributed by atoms with Crippen LogP contribution in [0, 0.1) is 5.92 Å². The summed E-state index contributed by atoms with van der Waals surface area (Å²) in [6, 6.07) is -1.04. The molecule has 0 aromatic rings. The van der Waals surface area contributed by atoms with E-state index >= 15 is 0 Å². The van der Waals surface area contributed by atoms with Gasteiger partial charge in [0.1, 0.15) is 12.3 Å². The van der Waals surface area contributed by atoms with Crippen molar-refractivity contribution in [3.8, 4) is 0 Å². The molecule has 0 radical (unpaired) electrons. The van der Waals surface area contributed by atoms with E-state index in [0.717, 1.165) is 0 Å². The number of carbonyl (C=O) groups is 3. The second-order valence-electron chi connectivity index (χ2n) is 7.15. The zero-order valence-corrected chi connectivity index (χ0v) is 17.3. The Morgan fingerprint density at radius 2 is 1.89 bits per heavy atom. The molecule has 0 aromatic heterocycles. The zero-order valence-electron chi connectivity index (χ0n) is 17.3. The number of likely N-dealkylation sites (N-methyl/N-ethyl adjacent to an activating group) is 1. The minimum absolute atomic E-state index is 0.0835. The van der Waals surface area contributed by atoms with Gasteiger partial charge in [0.15, 0.2) is 0 Å². The molecule has 0 unspecified atom stereocenters. The number of hydrogen-bond acceptors (Lipinski definition) is 5. The predicted molar refractivity (Wildman–Crippen MR) is 102 cm³/mol. The maximum absolute atomic E-state index is 13.0. The van der Waals surface area contributed by atoms with E-state index in [0.29, 0.717) is 26.1 Å². The van der Waals surface area contributed by atoms with E-state index in [1.54, 1.807) is 16.8 Å². The maximum Gasteiger partial charge on any atom is 0.328 e. The molecular weight excluding hydrogens is 350 g/mol. The van der Waals surface area contributed by atoms with Gasteiger partial charge in [0.25, 0.3) is 0 Å². The third-order valence-electron chi connectivity index (χ3n) is 4.90. The second kappa shape index (κ2) is 10.3. The summed E-state index contributed by atoms with van der Waals surface area (Å²) < 4.78 is 10.6. The largest absolute Gasteiger partial charge is 0.467 e. The lowest BCUT2D eigenvalue weighted by molar-refractivity contribution is -0.147. The van der Waals surface area contributed by atoms with Crippen molar-refractivity contribution in [3.05, 3.63) is 12.7 Å². The van der Waals surface area contributed by atoms with Crippen LogP contribution in [0.1, 0.15) is 34.1 Å². The van der Waals surface area contributed by atoms with Gasteiger partial charge in [-0.25, -0.2) is 9.59 Å². The third kappa shape index (κ3) is 5.69. The number of carbonyl (C=O) groups excluding carboxylic acids is 3. The Labute approximate surface area is 162 Å². The standard InChI is InChI=1S/C19H33N3O5/c1-8-16(23)22-14(4)9-10-21(11-12-27-15(22)5)19(25)20(6)17(13(2)3)18(24)26-7/h8,13-15,17H,1,9-12H2,2-7H3/t14-,15-,17+/m1/s1. The van der Waals surface area contributed by atoms with Crippen LogP contribution in [0.5, 0.6) is 0 Å². The number of nitrogens with zero attached hydrogens (tertiary/aromatic N) is 3. The Morgan fingerprint density at radius 1 is 1.26 bits per heavy atom. The molecule has 8 nitrogen and oxygen atoms in total. The van der Waals surface area contributed by atoms with Gasteiger partial charge in [-0.05, 0) is 32.3 Å². The minimum Gasteiger partial charge on any atom is -0.467 e. The van der Waals surface area contributed by atoms with Gasteiger partial charge in [-0.2, -0.15) is 0 Å². The average Bonchev–Trinajstić information content (AvgIpc) is 2.69. The summed E-state index contributed by atoms with van der Waals surface area (Å²) in [5.74, 6) is -0.719. The molecule has 8 heteroatoms. The Morgan fingerprint density at radius 3 is 2.41 bits per heavy atom. The summed E-state index contributed by atoms with van der Waals surface area (Å²) in [5.41, 5.74) is 0. The van der Waals surface area contributed by atoms with E-state index in [9.17, 15) is 14.4 Å². The summed E-state index contributed by atoms with van der Waals surface area (Å²) in [6.07, 6.45) is 1.46. The molecule has 1 aliphatic heterocycles. The number of hydrogen-bond donors (Lipinski definition) is 0. The van der Waals surface area contributed by atoms with Crippen LogP contribution >= 0.6 is 0 Å². The van der Waals surface area contributed by atoms with Crippen LogP contribution in [0.25, 0.3) is 0 Å². The highest BCUT2D eigenvalue weighted by atomic mass is 16.5. The normalized spacial score (nSPS) is 22.3. The van der Waals surface area contributed by atoms with Crippen LogP contribution in [0.15, 0.2) is 12.7 Å². The van der Waals surface area contributed by atoms with Gasteiger partial charge >= 0.3 is 12.0 Å². The fraction of sp³-hybridized carbons (Fsp3) is 0.737. The molecule has 0 saturated carbocycles. The van der Waals surface area contributed by atoms with Crippen molar-refractivity contribution in [2.45, 2.75) is 52.4 Å². The van der Waals surface area contributed by atoms with Gasteiger partial charge in [-0.1, -0.05) is 20.4 Å². The molecule has 0 N–H and O–H groups in total. The number of rotatable bonds is 4. The topological polar surface area (TPSA) is 79.4 Å². The fourth-order valence-corrected chi connectivity index (χ4v) is 3.40. The van der Waals surface area contributed by atoms with Crippen LogP contribution in [0.2, 0.25) is 0 Å². The van der Waals surface area contributed by atoms with Crippen molar-refractivity contribution in [2.24, 2.45) is 5.92 Å². The third-order valence-corrected chi connectivity index (χ3v) is 4.90. The molecule has 0 aliphatic carbocycles. The summed E-state index contributed by atoms with van der Waals surface area (Å²) >= 11 is 0. The van der Waals surface area contributed by atoms with Crippen LogP contribution in [-0.4, -0.2) is 84.8 Å². The average molecular weight is 383 g/mol. The summed E-state index contributed by atoms with van der Waals surface area (Å²) in [5, 5.41) is 0. The number of ether oxygens (including phenoxy) is 2. The van der Waals surface area contributed by atoms with Gasteiger partial charge in [-0.3, -0.25) is 4.79 Å². The molecule has 1 aliphatic rings.